The second kappa shape index (κ2) is 3.60. The molecule has 0 aromatic rings. The predicted molar refractivity (Wildman–Crippen MR) is 52.4 cm³/mol. The molecule has 0 spiro atoms. The number of nitrogens with zero attached hydrogens (tertiary/aromatic N) is 2. The van der Waals surface area contributed by atoms with Crippen molar-refractivity contribution < 1.29 is 23.1 Å². The van der Waals surface area contributed by atoms with E-state index in [1.54, 1.807) is 0 Å². The van der Waals surface area contributed by atoms with Crippen LogP contribution in [-0.4, -0.2) is 32.4 Å². The maximum atomic E-state index is 12.4. The summed E-state index contributed by atoms with van der Waals surface area (Å²) in [6.07, 6.45) is -2.87. The van der Waals surface area contributed by atoms with Gasteiger partial charge in [0.25, 0.3) is 0 Å². The summed E-state index contributed by atoms with van der Waals surface area (Å²) in [7, 11) is 0. The number of aliphatic carboxylic acids is 1. The maximum absolute atomic E-state index is 12.4. The van der Waals surface area contributed by atoms with E-state index in [1.165, 1.54) is 0 Å². The van der Waals surface area contributed by atoms with Crippen molar-refractivity contribution in [3.05, 3.63) is 23.8 Å². The lowest BCUT2D eigenvalue weighted by Crippen LogP contribution is -2.51. The number of thiocarbonyl (C=S) groups is 1. The molecule has 92 valence electrons. The van der Waals surface area contributed by atoms with Crippen LogP contribution in [0.3, 0.4) is 0 Å². The summed E-state index contributed by atoms with van der Waals surface area (Å²) in [5.74, 6) is -1.33. The van der Waals surface area contributed by atoms with E-state index in [0.717, 1.165) is 17.4 Å². The minimum absolute atomic E-state index is 0.00248. The highest BCUT2D eigenvalue weighted by Crippen LogP contribution is 2.26. The average Bonchev–Trinajstić information content (AvgIpc) is 2.61. The van der Waals surface area contributed by atoms with Crippen LogP contribution >= 0.6 is 12.2 Å². The molecule has 17 heavy (non-hydrogen) atoms. The number of fused-ring (bicyclic) bond motifs is 1. The number of hydrogen-bond acceptors (Lipinski definition) is 5. The molecule has 2 heterocycles. The fourth-order valence-corrected chi connectivity index (χ4v) is 1.52. The summed E-state index contributed by atoms with van der Waals surface area (Å²) in [6, 6.07) is 0. The minimum Gasteiger partial charge on any atom is -0.478 e. The third-order valence-electron chi connectivity index (χ3n) is 2.00. The Labute approximate surface area is 97.9 Å². The lowest BCUT2D eigenvalue weighted by Gasteiger charge is -2.28. The van der Waals surface area contributed by atoms with Crippen LogP contribution in [0.25, 0.3) is 0 Å². The van der Waals surface area contributed by atoms with E-state index in [9.17, 15) is 18.0 Å². The number of carboxylic acid groups (broad SMARTS) is 1. The van der Waals surface area contributed by atoms with Crippen LogP contribution in [0.2, 0.25) is 0 Å². The summed E-state index contributed by atoms with van der Waals surface area (Å²) < 4.78 is 37.1. The Balaban J connectivity index is 2.25. The molecule has 0 amide bonds. The van der Waals surface area contributed by atoms with Crippen LogP contribution in [0.1, 0.15) is 0 Å². The molecule has 0 atom stereocenters. The number of carboxylic acids is 1. The highest BCUT2D eigenvalue weighted by Gasteiger charge is 2.43. The summed E-state index contributed by atoms with van der Waals surface area (Å²) in [4.78, 5) is 10.5. The zero-order valence-corrected chi connectivity index (χ0v) is 8.76. The molecule has 3 N–H and O–H groups in total. The van der Waals surface area contributed by atoms with Gasteiger partial charge in [0.1, 0.15) is 16.4 Å². The van der Waals surface area contributed by atoms with Crippen LogP contribution in [0, 0.1) is 0 Å². The van der Waals surface area contributed by atoms with Gasteiger partial charge in [0, 0.05) is 6.20 Å². The van der Waals surface area contributed by atoms with Crippen LogP contribution in [-0.2, 0) is 4.79 Å². The average molecular weight is 266 g/mol. The number of carbonyl (C=O) groups is 1. The molecule has 0 saturated heterocycles. The number of rotatable bonds is 1. The first-order valence-corrected chi connectivity index (χ1v) is 4.60. The smallest absolute Gasteiger partial charge is 0.478 e. The fourth-order valence-electron chi connectivity index (χ4n) is 1.24. The van der Waals surface area contributed by atoms with E-state index in [1.807, 2.05) is 5.53 Å². The molecular formula is C7H5F3N4O2S. The van der Waals surface area contributed by atoms with E-state index >= 15 is 0 Å². The Morgan fingerprint density at radius 3 is 2.65 bits per heavy atom. The van der Waals surface area contributed by atoms with Gasteiger partial charge >= 0.3 is 12.3 Å². The van der Waals surface area contributed by atoms with Gasteiger partial charge < -0.3 is 10.4 Å². The van der Waals surface area contributed by atoms with Gasteiger partial charge in [0.15, 0.2) is 0 Å². The van der Waals surface area contributed by atoms with Gasteiger partial charge in [-0.3, -0.25) is 0 Å². The van der Waals surface area contributed by atoms with Gasteiger partial charge in [0.2, 0.25) is 0 Å². The first-order chi connectivity index (χ1) is 7.80. The third kappa shape index (κ3) is 1.91. The summed E-state index contributed by atoms with van der Waals surface area (Å²) in [6.45, 7) is 0. The monoisotopic (exact) mass is 266 g/mol. The Morgan fingerprint density at radius 2 is 2.12 bits per heavy atom. The van der Waals surface area contributed by atoms with Gasteiger partial charge in [-0.2, -0.15) is 0 Å². The number of nitrogens with one attached hydrogen (secondary N) is 2. The van der Waals surface area contributed by atoms with E-state index < -0.39 is 12.3 Å². The van der Waals surface area contributed by atoms with Crippen molar-refractivity contribution in [2.24, 2.45) is 0 Å². The van der Waals surface area contributed by atoms with E-state index in [4.69, 9.17) is 17.3 Å². The van der Waals surface area contributed by atoms with Gasteiger partial charge in [-0.15, -0.1) is 18.7 Å². The van der Waals surface area contributed by atoms with E-state index in [-0.39, 0.29) is 21.4 Å². The zero-order chi connectivity index (χ0) is 12.8. The number of hydrogen-bond donors (Lipinski definition) is 3. The largest absolute Gasteiger partial charge is 0.500 e. The Hall–Kier alpha value is -1.81. The molecule has 0 bridgehead atoms. The molecule has 0 aromatic heterocycles. The molecular weight excluding hydrogens is 261 g/mol. The molecule has 0 aliphatic carbocycles. The molecule has 6 nitrogen and oxygen atoms in total. The van der Waals surface area contributed by atoms with Crippen molar-refractivity contribution in [2.75, 3.05) is 0 Å². The predicted octanol–water partition coefficient (Wildman–Crippen LogP) is 0.241. The zero-order valence-electron chi connectivity index (χ0n) is 7.95. The lowest BCUT2D eigenvalue weighted by molar-refractivity contribution is -0.249. The molecule has 2 rings (SSSR count). The van der Waals surface area contributed by atoms with Gasteiger partial charge in [-0.05, 0) is 0 Å². The molecule has 0 fully saturated rings. The first-order valence-electron chi connectivity index (χ1n) is 4.19. The second-order valence-electron chi connectivity index (χ2n) is 3.10. The molecule has 0 radical (unpaired) electrons. The van der Waals surface area contributed by atoms with Crippen molar-refractivity contribution >= 4 is 23.2 Å². The lowest BCUT2D eigenvalue weighted by atomic mass is 10.2. The summed E-state index contributed by atoms with van der Waals surface area (Å²) >= 11 is 4.76. The number of alkyl halides is 3. The highest BCUT2D eigenvalue weighted by atomic mass is 32.1. The first kappa shape index (κ1) is 11.7. The van der Waals surface area contributed by atoms with Crippen LogP contribution in [0.4, 0.5) is 13.2 Å². The van der Waals surface area contributed by atoms with Crippen LogP contribution < -0.4 is 10.9 Å². The Morgan fingerprint density at radius 1 is 1.47 bits per heavy atom. The molecule has 2 aliphatic rings. The highest BCUT2D eigenvalue weighted by molar-refractivity contribution is 7.80. The van der Waals surface area contributed by atoms with Crippen LogP contribution in [0.5, 0.6) is 0 Å². The number of halogens is 3. The topological polar surface area (TPSA) is 67.8 Å². The van der Waals surface area contributed by atoms with E-state index in [2.05, 4.69) is 5.32 Å². The van der Waals surface area contributed by atoms with Gasteiger partial charge in [-0.25, -0.2) is 14.8 Å². The van der Waals surface area contributed by atoms with Gasteiger partial charge in [0.05, 0.1) is 6.20 Å². The van der Waals surface area contributed by atoms with Crippen LogP contribution in [0.15, 0.2) is 23.8 Å². The van der Waals surface area contributed by atoms with E-state index in [0.29, 0.717) is 0 Å². The molecule has 0 aromatic carbocycles. The summed E-state index contributed by atoms with van der Waals surface area (Å²) in [5.41, 5.74) is 1.61. The number of hydrazine groups is 2. The molecule has 10 heteroatoms. The second-order valence-corrected chi connectivity index (χ2v) is 3.49. The normalized spacial score (nSPS) is 19.6. The molecule has 0 saturated carbocycles. The minimum atomic E-state index is -4.63. The SMILES string of the molecule is O=C(O)C1=CNC2=CN(C(F)(F)F)NN2C1=S. The molecule has 2 aliphatic heterocycles. The van der Waals surface area contributed by atoms with Crippen molar-refractivity contribution in [2.45, 2.75) is 6.30 Å². The quantitative estimate of drug-likeness (QED) is 0.464. The van der Waals surface area contributed by atoms with Crippen molar-refractivity contribution in [1.82, 2.24) is 20.9 Å². The Bertz CT molecular complexity index is 459. The van der Waals surface area contributed by atoms with Crippen molar-refractivity contribution in [1.29, 1.82) is 0 Å². The van der Waals surface area contributed by atoms with Crippen molar-refractivity contribution in [3.8, 4) is 0 Å². The molecule has 0 unspecified atom stereocenters. The van der Waals surface area contributed by atoms with Gasteiger partial charge in [-0.1, -0.05) is 12.2 Å². The fraction of sp³-hybridized carbons (Fsp3) is 0.143. The third-order valence-corrected chi connectivity index (χ3v) is 2.40. The maximum Gasteiger partial charge on any atom is 0.500 e. The Kier molecular flexibility index (Phi) is 2.47. The standard InChI is InChI=1S/C7H5F3N4O2S/c8-7(9,10)13-2-4-11-1-3(6(15)16)5(17)14(4)12-13/h1-2,11-12H,(H,15,16). The summed E-state index contributed by atoms with van der Waals surface area (Å²) in [5, 5.41) is 11.8. The van der Waals surface area contributed by atoms with Crippen molar-refractivity contribution in [3.63, 3.8) is 0 Å².